The van der Waals surface area contributed by atoms with Crippen LogP contribution in [0.1, 0.15) is 69.9 Å². The van der Waals surface area contributed by atoms with Crippen molar-refractivity contribution in [1.29, 1.82) is 0 Å². The standard InChI is InChI=1S/C17H26N2O/c1-4-5-6-7-11-8-16(20)17(2,3)13-10-15(19)14(18)9-12(11)13/h9-11H,4-8,18-19H2,1-3H3. The van der Waals surface area contributed by atoms with Crippen molar-refractivity contribution in [3.8, 4) is 0 Å². The Morgan fingerprint density at radius 1 is 1.20 bits per heavy atom. The zero-order valence-corrected chi connectivity index (χ0v) is 12.8. The molecule has 1 aromatic rings. The normalized spacial score (nSPS) is 20.8. The lowest BCUT2D eigenvalue weighted by atomic mass is 9.66. The van der Waals surface area contributed by atoms with Gasteiger partial charge in [0.05, 0.1) is 11.4 Å². The summed E-state index contributed by atoms with van der Waals surface area (Å²) in [5.41, 5.74) is 15.0. The van der Waals surface area contributed by atoms with Crippen LogP contribution < -0.4 is 11.5 Å². The monoisotopic (exact) mass is 274 g/mol. The Hall–Kier alpha value is -1.51. The lowest BCUT2D eigenvalue weighted by Crippen LogP contribution is -2.36. The molecule has 0 saturated carbocycles. The highest BCUT2D eigenvalue weighted by atomic mass is 16.1. The van der Waals surface area contributed by atoms with Gasteiger partial charge in [-0.25, -0.2) is 0 Å². The quantitative estimate of drug-likeness (QED) is 0.648. The van der Waals surface area contributed by atoms with Gasteiger partial charge in [0, 0.05) is 11.8 Å². The molecule has 110 valence electrons. The summed E-state index contributed by atoms with van der Waals surface area (Å²) in [5.74, 6) is 0.621. The first-order valence-electron chi connectivity index (χ1n) is 7.60. The van der Waals surface area contributed by atoms with E-state index >= 15 is 0 Å². The molecule has 0 amide bonds. The number of anilines is 2. The van der Waals surface area contributed by atoms with Crippen molar-refractivity contribution in [2.24, 2.45) is 0 Å². The summed E-state index contributed by atoms with van der Waals surface area (Å²) in [6.07, 6.45) is 5.27. The van der Waals surface area contributed by atoms with Gasteiger partial charge in [-0.15, -0.1) is 0 Å². The zero-order valence-electron chi connectivity index (χ0n) is 12.8. The van der Waals surface area contributed by atoms with Gasteiger partial charge >= 0.3 is 0 Å². The number of nitrogen functional groups attached to an aromatic ring is 2. The predicted octanol–water partition coefficient (Wildman–Crippen LogP) is 3.77. The van der Waals surface area contributed by atoms with Crippen LogP contribution in [0.2, 0.25) is 0 Å². The van der Waals surface area contributed by atoms with Gasteiger partial charge in [-0.2, -0.15) is 0 Å². The van der Waals surface area contributed by atoms with Gasteiger partial charge in [-0.1, -0.05) is 26.2 Å². The third-order valence-corrected chi connectivity index (χ3v) is 4.65. The number of carbonyl (C=O) groups excluding carboxylic acids is 1. The summed E-state index contributed by atoms with van der Waals surface area (Å²) in [6, 6.07) is 3.91. The van der Waals surface area contributed by atoms with Crippen LogP contribution in [0.5, 0.6) is 0 Å². The molecule has 0 radical (unpaired) electrons. The van der Waals surface area contributed by atoms with Gasteiger partial charge < -0.3 is 11.5 Å². The first kappa shape index (κ1) is 14.9. The van der Waals surface area contributed by atoms with Crippen LogP contribution in [-0.4, -0.2) is 5.78 Å². The molecule has 0 aromatic heterocycles. The van der Waals surface area contributed by atoms with E-state index in [1.165, 1.54) is 24.8 Å². The molecule has 1 aromatic carbocycles. The Labute approximate surface area is 121 Å². The largest absolute Gasteiger partial charge is 0.397 e. The molecular weight excluding hydrogens is 248 g/mol. The fourth-order valence-electron chi connectivity index (χ4n) is 3.17. The van der Waals surface area contributed by atoms with E-state index in [0.29, 0.717) is 29.5 Å². The molecule has 1 aliphatic carbocycles. The van der Waals surface area contributed by atoms with E-state index < -0.39 is 5.41 Å². The SMILES string of the molecule is CCCCCC1CC(=O)C(C)(C)c2cc(N)c(N)cc21. The Balaban J connectivity index is 2.41. The molecule has 0 saturated heterocycles. The lowest BCUT2D eigenvalue weighted by Gasteiger charge is -2.36. The Morgan fingerprint density at radius 3 is 2.50 bits per heavy atom. The van der Waals surface area contributed by atoms with E-state index in [2.05, 4.69) is 6.92 Å². The number of Topliss-reactive ketones (excluding diaryl/α,β-unsaturated/α-hetero) is 1. The molecule has 0 aliphatic heterocycles. The van der Waals surface area contributed by atoms with Gasteiger partial charge in [0.15, 0.2) is 0 Å². The molecule has 20 heavy (non-hydrogen) atoms. The molecule has 0 spiro atoms. The summed E-state index contributed by atoms with van der Waals surface area (Å²) in [5, 5.41) is 0. The van der Waals surface area contributed by atoms with Crippen molar-refractivity contribution in [2.45, 2.75) is 64.2 Å². The van der Waals surface area contributed by atoms with Crippen LogP contribution >= 0.6 is 0 Å². The van der Waals surface area contributed by atoms with Crippen molar-refractivity contribution in [2.75, 3.05) is 11.5 Å². The van der Waals surface area contributed by atoms with E-state index in [-0.39, 0.29) is 0 Å². The predicted molar refractivity (Wildman–Crippen MR) is 84.8 cm³/mol. The Kier molecular flexibility index (Phi) is 4.07. The second kappa shape index (κ2) is 5.47. The molecule has 0 fully saturated rings. The fraction of sp³-hybridized carbons (Fsp3) is 0.588. The Bertz CT molecular complexity index is 520. The van der Waals surface area contributed by atoms with Gasteiger partial charge in [-0.05, 0) is 49.4 Å². The van der Waals surface area contributed by atoms with Gasteiger partial charge in [-0.3, -0.25) is 4.79 Å². The van der Waals surface area contributed by atoms with Crippen molar-refractivity contribution in [1.82, 2.24) is 0 Å². The van der Waals surface area contributed by atoms with Crippen molar-refractivity contribution in [3.63, 3.8) is 0 Å². The number of benzene rings is 1. The van der Waals surface area contributed by atoms with E-state index in [1.807, 2.05) is 26.0 Å². The summed E-state index contributed by atoms with van der Waals surface area (Å²) in [4.78, 5) is 12.4. The third-order valence-electron chi connectivity index (χ3n) is 4.65. The second-order valence-electron chi connectivity index (χ2n) is 6.51. The van der Waals surface area contributed by atoms with Gasteiger partial charge in [0.25, 0.3) is 0 Å². The number of nitrogens with two attached hydrogens (primary N) is 2. The highest BCUT2D eigenvalue weighted by Gasteiger charge is 2.39. The highest BCUT2D eigenvalue weighted by molar-refractivity contribution is 5.93. The summed E-state index contributed by atoms with van der Waals surface area (Å²) >= 11 is 0. The summed E-state index contributed by atoms with van der Waals surface area (Å²) in [7, 11) is 0. The number of rotatable bonds is 4. The van der Waals surface area contributed by atoms with Crippen molar-refractivity contribution < 1.29 is 4.79 Å². The average molecular weight is 274 g/mol. The molecule has 3 nitrogen and oxygen atoms in total. The highest BCUT2D eigenvalue weighted by Crippen LogP contribution is 2.44. The maximum atomic E-state index is 12.4. The van der Waals surface area contributed by atoms with Crippen LogP contribution in [0.4, 0.5) is 11.4 Å². The number of unbranched alkanes of at least 4 members (excludes halogenated alkanes) is 2. The molecule has 0 heterocycles. The van der Waals surface area contributed by atoms with Crippen molar-refractivity contribution in [3.05, 3.63) is 23.3 Å². The molecular formula is C17H26N2O. The first-order chi connectivity index (χ1) is 9.37. The fourth-order valence-corrected chi connectivity index (χ4v) is 3.17. The molecule has 3 heteroatoms. The molecule has 4 N–H and O–H groups in total. The summed E-state index contributed by atoms with van der Waals surface area (Å²) in [6.45, 7) is 6.18. The molecule has 1 aliphatic rings. The van der Waals surface area contributed by atoms with E-state index in [4.69, 9.17) is 11.5 Å². The zero-order chi connectivity index (χ0) is 14.9. The molecule has 1 unspecified atom stereocenters. The first-order valence-corrected chi connectivity index (χ1v) is 7.60. The molecule has 2 rings (SSSR count). The number of hydrogen-bond acceptors (Lipinski definition) is 3. The average Bonchev–Trinajstić information content (AvgIpc) is 2.38. The van der Waals surface area contributed by atoms with E-state index in [1.54, 1.807) is 0 Å². The maximum absolute atomic E-state index is 12.4. The second-order valence-corrected chi connectivity index (χ2v) is 6.51. The number of fused-ring (bicyclic) bond motifs is 1. The smallest absolute Gasteiger partial charge is 0.143 e. The van der Waals surface area contributed by atoms with E-state index in [9.17, 15) is 4.79 Å². The molecule has 0 bridgehead atoms. The maximum Gasteiger partial charge on any atom is 0.143 e. The minimum atomic E-state index is -0.446. The van der Waals surface area contributed by atoms with Crippen LogP contribution in [0.25, 0.3) is 0 Å². The number of carbonyl (C=O) groups is 1. The number of ketones is 1. The minimum absolute atomic E-state index is 0.306. The van der Waals surface area contributed by atoms with Crippen LogP contribution in [0.3, 0.4) is 0 Å². The molecule has 1 atom stereocenters. The van der Waals surface area contributed by atoms with Gasteiger partial charge in [0.2, 0.25) is 0 Å². The van der Waals surface area contributed by atoms with Crippen LogP contribution in [-0.2, 0) is 10.2 Å². The Morgan fingerprint density at radius 2 is 1.85 bits per heavy atom. The topological polar surface area (TPSA) is 69.1 Å². The van der Waals surface area contributed by atoms with Gasteiger partial charge in [0.1, 0.15) is 5.78 Å². The van der Waals surface area contributed by atoms with Crippen LogP contribution in [0.15, 0.2) is 12.1 Å². The third kappa shape index (κ3) is 2.54. The minimum Gasteiger partial charge on any atom is -0.397 e. The van der Waals surface area contributed by atoms with E-state index in [0.717, 1.165) is 12.0 Å². The van der Waals surface area contributed by atoms with Crippen LogP contribution in [0, 0.1) is 0 Å². The lowest BCUT2D eigenvalue weighted by molar-refractivity contribution is -0.124. The summed E-state index contributed by atoms with van der Waals surface area (Å²) < 4.78 is 0. The number of hydrogen-bond donors (Lipinski definition) is 2. The van der Waals surface area contributed by atoms with Crippen molar-refractivity contribution >= 4 is 17.2 Å².